The number of allylic oxidation sites excluding steroid dienone is 6. The Morgan fingerprint density at radius 2 is 1.88 bits per heavy atom. The van der Waals surface area contributed by atoms with Gasteiger partial charge in [0.2, 0.25) is 0 Å². The zero-order valence-corrected chi connectivity index (χ0v) is 4.72. The first-order valence-corrected chi connectivity index (χ1v) is 2.53. The quantitative estimate of drug-likeness (QED) is 0.419. The lowest BCUT2D eigenvalue weighted by molar-refractivity contribution is -0.302. The largest absolute Gasteiger partial charge is 0.875 e. The molecule has 0 amide bonds. The molecule has 8 heavy (non-hydrogen) atoms. The van der Waals surface area contributed by atoms with Crippen LogP contribution in [0, 0.1) is 0 Å². The smallest absolute Gasteiger partial charge is 0.0379 e. The molecule has 0 bridgehead atoms. The molecule has 0 N–H and O–H groups in total. The van der Waals surface area contributed by atoms with E-state index in [-0.39, 0.29) is 5.76 Å². The van der Waals surface area contributed by atoms with Gasteiger partial charge in [0.15, 0.2) is 0 Å². The van der Waals surface area contributed by atoms with Gasteiger partial charge in [-0.05, 0) is 5.57 Å². The van der Waals surface area contributed by atoms with E-state index in [9.17, 15) is 5.11 Å². The van der Waals surface area contributed by atoms with Crippen LogP contribution in [-0.2, 0) is 0 Å². The Hall–Kier alpha value is -0.980. The molecule has 0 aromatic rings. The number of rotatable bonds is 0. The van der Waals surface area contributed by atoms with Crippen molar-refractivity contribution in [3.8, 4) is 0 Å². The van der Waals surface area contributed by atoms with Crippen molar-refractivity contribution in [3.05, 3.63) is 35.6 Å². The zero-order valence-electron chi connectivity index (χ0n) is 4.72. The predicted molar refractivity (Wildman–Crippen MR) is 31.0 cm³/mol. The third kappa shape index (κ3) is 0.808. The second-order valence-electron chi connectivity index (χ2n) is 1.73. The van der Waals surface area contributed by atoms with Crippen molar-refractivity contribution < 1.29 is 5.11 Å². The molecule has 1 nitrogen and oxygen atoms in total. The summed E-state index contributed by atoms with van der Waals surface area (Å²) in [5, 5.41) is 10.5. The Morgan fingerprint density at radius 3 is 2.12 bits per heavy atom. The van der Waals surface area contributed by atoms with Crippen molar-refractivity contribution in [1.82, 2.24) is 0 Å². The minimum absolute atomic E-state index is 0.134. The Labute approximate surface area is 48.6 Å². The van der Waals surface area contributed by atoms with Crippen LogP contribution in [0.4, 0.5) is 0 Å². The molecule has 0 fully saturated rings. The van der Waals surface area contributed by atoms with E-state index in [1.54, 1.807) is 6.92 Å². The molecule has 42 valence electrons. The molecule has 0 saturated heterocycles. The van der Waals surface area contributed by atoms with Gasteiger partial charge in [0.25, 0.3) is 0 Å². The average molecular weight is 107 g/mol. The van der Waals surface area contributed by atoms with E-state index < -0.39 is 0 Å². The van der Waals surface area contributed by atoms with Crippen molar-refractivity contribution >= 4 is 0 Å². The molecule has 0 aromatic heterocycles. The van der Waals surface area contributed by atoms with Gasteiger partial charge >= 0.3 is 0 Å². The van der Waals surface area contributed by atoms with Crippen molar-refractivity contribution in [1.29, 1.82) is 0 Å². The second-order valence-corrected chi connectivity index (χ2v) is 1.73. The second kappa shape index (κ2) is 1.86. The lowest BCUT2D eigenvalue weighted by Crippen LogP contribution is -1.99. The maximum Gasteiger partial charge on any atom is -0.0379 e. The molecule has 0 heterocycles. The van der Waals surface area contributed by atoms with Gasteiger partial charge in [-0.15, -0.1) is 5.76 Å². The van der Waals surface area contributed by atoms with Crippen LogP contribution in [-0.4, -0.2) is 0 Å². The lowest BCUT2D eigenvalue weighted by atomic mass is 10.3. The zero-order chi connectivity index (χ0) is 5.98. The Morgan fingerprint density at radius 1 is 1.38 bits per heavy atom. The highest BCUT2D eigenvalue weighted by molar-refractivity contribution is 5.40. The van der Waals surface area contributed by atoms with Gasteiger partial charge in [-0.3, -0.25) is 0 Å². The topological polar surface area (TPSA) is 23.1 Å². The van der Waals surface area contributed by atoms with Crippen LogP contribution in [0.3, 0.4) is 0 Å². The third-order valence-electron chi connectivity index (χ3n) is 1.07. The molecular formula is C7H7O-. The Kier molecular flexibility index (Phi) is 1.20. The van der Waals surface area contributed by atoms with E-state index in [0.717, 1.165) is 5.57 Å². The van der Waals surface area contributed by atoms with Crippen LogP contribution < -0.4 is 5.11 Å². The van der Waals surface area contributed by atoms with Crippen LogP contribution in [0.2, 0.25) is 0 Å². The molecule has 1 aliphatic carbocycles. The van der Waals surface area contributed by atoms with E-state index in [1.165, 1.54) is 0 Å². The van der Waals surface area contributed by atoms with Crippen LogP contribution in [0.1, 0.15) is 6.92 Å². The van der Waals surface area contributed by atoms with E-state index in [2.05, 4.69) is 0 Å². The molecular weight excluding hydrogens is 100 g/mol. The molecule has 0 aromatic carbocycles. The summed E-state index contributed by atoms with van der Waals surface area (Å²) in [7, 11) is 0. The van der Waals surface area contributed by atoms with Crippen LogP contribution in [0.15, 0.2) is 35.6 Å². The first-order valence-electron chi connectivity index (χ1n) is 2.53. The minimum atomic E-state index is 0.134. The summed E-state index contributed by atoms with van der Waals surface area (Å²) >= 11 is 0. The van der Waals surface area contributed by atoms with Crippen LogP contribution in [0.5, 0.6) is 0 Å². The Bertz CT molecular complexity index is 155. The average Bonchev–Trinajstić information content (AvgIpc) is 2.12. The molecule has 1 aliphatic rings. The predicted octanol–water partition coefficient (Wildman–Crippen LogP) is 0.747. The summed E-state index contributed by atoms with van der Waals surface area (Å²) in [6, 6.07) is 0. The van der Waals surface area contributed by atoms with Crippen molar-refractivity contribution in [2.45, 2.75) is 6.92 Å². The fourth-order valence-corrected chi connectivity index (χ4v) is 0.609. The number of hydrogen-bond donors (Lipinski definition) is 0. The molecule has 1 heteroatoms. The summed E-state index contributed by atoms with van der Waals surface area (Å²) in [6.45, 7) is 1.56. The molecule has 0 aliphatic heterocycles. The highest BCUT2D eigenvalue weighted by Crippen LogP contribution is 2.08. The van der Waals surface area contributed by atoms with Crippen molar-refractivity contribution in [2.24, 2.45) is 0 Å². The van der Waals surface area contributed by atoms with E-state index in [1.807, 2.05) is 24.3 Å². The summed E-state index contributed by atoms with van der Waals surface area (Å²) in [6.07, 6.45) is 7.33. The third-order valence-corrected chi connectivity index (χ3v) is 1.07. The van der Waals surface area contributed by atoms with E-state index in [4.69, 9.17) is 0 Å². The number of hydrogen-bond acceptors (Lipinski definition) is 1. The SMILES string of the molecule is CC([O-])=C1C=CC=C1. The van der Waals surface area contributed by atoms with Gasteiger partial charge in [0, 0.05) is 0 Å². The van der Waals surface area contributed by atoms with Gasteiger partial charge in [-0.2, -0.15) is 0 Å². The fraction of sp³-hybridized carbons (Fsp3) is 0.143. The van der Waals surface area contributed by atoms with Gasteiger partial charge in [0.05, 0.1) is 0 Å². The standard InChI is InChI=1S/C7H8O/c1-6(8)7-4-2-3-5-7/h2-5,8H,1H3/p-1. The van der Waals surface area contributed by atoms with Crippen molar-refractivity contribution in [2.75, 3.05) is 0 Å². The molecule has 1 rings (SSSR count). The highest BCUT2D eigenvalue weighted by atomic mass is 16.3. The van der Waals surface area contributed by atoms with Crippen LogP contribution in [0.25, 0.3) is 0 Å². The molecule has 0 atom stereocenters. The molecule has 0 radical (unpaired) electrons. The molecule has 0 saturated carbocycles. The van der Waals surface area contributed by atoms with Gasteiger partial charge in [-0.1, -0.05) is 31.2 Å². The molecule has 0 spiro atoms. The first-order chi connectivity index (χ1) is 3.80. The van der Waals surface area contributed by atoms with E-state index >= 15 is 0 Å². The van der Waals surface area contributed by atoms with Gasteiger partial charge < -0.3 is 5.11 Å². The van der Waals surface area contributed by atoms with Crippen LogP contribution >= 0.6 is 0 Å². The minimum Gasteiger partial charge on any atom is -0.875 e. The summed E-state index contributed by atoms with van der Waals surface area (Å²) < 4.78 is 0. The fourth-order valence-electron chi connectivity index (χ4n) is 0.609. The highest BCUT2D eigenvalue weighted by Gasteiger charge is 1.87. The normalized spacial score (nSPS) is 15.4. The van der Waals surface area contributed by atoms with E-state index in [0.29, 0.717) is 0 Å². The Balaban J connectivity index is 2.90. The summed E-state index contributed by atoms with van der Waals surface area (Å²) in [5.41, 5.74) is 0.796. The van der Waals surface area contributed by atoms with Gasteiger partial charge in [-0.25, -0.2) is 0 Å². The first kappa shape index (κ1) is 5.16. The maximum absolute atomic E-state index is 10.5. The van der Waals surface area contributed by atoms with Crippen molar-refractivity contribution in [3.63, 3.8) is 0 Å². The monoisotopic (exact) mass is 107 g/mol. The van der Waals surface area contributed by atoms with Gasteiger partial charge in [0.1, 0.15) is 0 Å². The lowest BCUT2D eigenvalue weighted by Gasteiger charge is -2.04. The molecule has 0 unspecified atom stereocenters. The summed E-state index contributed by atoms with van der Waals surface area (Å²) in [5.74, 6) is 0.134. The maximum atomic E-state index is 10.5. The summed E-state index contributed by atoms with van der Waals surface area (Å²) in [4.78, 5) is 0.